The average Bonchev–Trinajstić information content (AvgIpc) is 3.02. The van der Waals surface area contributed by atoms with Crippen molar-refractivity contribution in [1.29, 1.82) is 0 Å². The maximum atomic E-state index is 10.4. The van der Waals surface area contributed by atoms with Crippen LogP contribution >= 0.6 is 11.3 Å². The van der Waals surface area contributed by atoms with Gasteiger partial charge in [-0.25, -0.2) is 13.0 Å². The SMILES string of the molecule is C[n+]1ccccc1-c1cccs1.Cc1ccc(S(=O)(=O)[O-])cc1. The number of aryl methyl sites for hydroxylation is 2. The van der Waals surface area contributed by atoms with Crippen LogP contribution in [0.4, 0.5) is 0 Å². The highest BCUT2D eigenvalue weighted by atomic mass is 32.2. The summed E-state index contributed by atoms with van der Waals surface area (Å²) in [6, 6.07) is 16.2. The van der Waals surface area contributed by atoms with Crippen LogP contribution in [-0.4, -0.2) is 13.0 Å². The normalized spacial score (nSPS) is 10.7. The number of hydrogen-bond donors (Lipinski definition) is 0. The number of aromatic nitrogens is 1. The first kappa shape index (κ1) is 17.3. The van der Waals surface area contributed by atoms with Crippen molar-refractivity contribution in [2.75, 3.05) is 0 Å². The smallest absolute Gasteiger partial charge is 0.222 e. The highest BCUT2D eigenvalue weighted by molar-refractivity contribution is 7.85. The van der Waals surface area contributed by atoms with E-state index in [-0.39, 0.29) is 4.90 Å². The van der Waals surface area contributed by atoms with E-state index in [0.29, 0.717) is 0 Å². The van der Waals surface area contributed by atoms with Gasteiger partial charge in [-0.2, -0.15) is 0 Å². The predicted molar refractivity (Wildman–Crippen MR) is 90.1 cm³/mol. The van der Waals surface area contributed by atoms with Gasteiger partial charge in [-0.05, 0) is 36.6 Å². The van der Waals surface area contributed by atoms with Gasteiger partial charge in [0.1, 0.15) is 17.2 Å². The molecule has 23 heavy (non-hydrogen) atoms. The largest absolute Gasteiger partial charge is 0.744 e. The van der Waals surface area contributed by atoms with Crippen molar-refractivity contribution in [3.63, 3.8) is 0 Å². The molecular formula is C17H17NO3S2. The molecule has 0 aliphatic heterocycles. The fraction of sp³-hybridized carbons (Fsp3) is 0.118. The van der Waals surface area contributed by atoms with Crippen molar-refractivity contribution >= 4 is 21.5 Å². The summed E-state index contributed by atoms with van der Waals surface area (Å²) in [7, 11) is -2.21. The first-order valence-corrected chi connectivity index (χ1v) is 9.18. The standard InChI is InChI=1S/C10H10NS.C7H8O3S/c1-11-7-3-2-5-9(11)10-6-4-8-12-10;1-6-2-4-7(5-3-6)11(8,9)10/h2-8H,1H3;2-5H,1H3,(H,8,9,10)/q+1;/p-1. The molecule has 0 spiro atoms. The molecule has 0 radical (unpaired) electrons. The molecule has 0 aliphatic rings. The van der Waals surface area contributed by atoms with Crippen molar-refractivity contribution in [1.82, 2.24) is 0 Å². The summed E-state index contributed by atoms with van der Waals surface area (Å²) < 4.78 is 33.3. The third kappa shape index (κ3) is 4.99. The van der Waals surface area contributed by atoms with E-state index in [2.05, 4.69) is 47.5 Å². The van der Waals surface area contributed by atoms with Gasteiger partial charge >= 0.3 is 0 Å². The second-order valence-electron chi connectivity index (χ2n) is 4.94. The zero-order valence-electron chi connectivity index (χ0n) is 12.8. The molecule has 4 nitrogen and oxygen atoms in total. The minimum absolute atomic E-state index is 0.178. The summed E-state index contributed by atoms with van der Waals surface area (Å²) in [6.07, 6.45) is 2.06. The third-order valence-electron chi connectivity index (χ3n) is 3.14. The molecule has 0 N–H and O–H groups in total. The van der Waals surface area contributed by atoms with E-state index in [1.54, 1.807) is 23.5 Å². The Morgan fingerprint density at radius 1 is 1.00 bits per heavy atom. The van der Waals surface area contributed by atoms with Crippen LogP contribution in [0.25, 0.3) is 10.6 Å². The number of thiophene rings is 1. The van der Waals surface area contributed by atoms with Gasteiger partial charge in [0.15, 0.2) is 6.20 Å². The van der Waals surface area contributed by atoms with Gasteiger partial charge in [0.05, 0.1) is 9.77 Å². The Kier molecular flexibility index (Phi) is 5.65. The van der Waals surface area contributed by atoms with Gasteiger partial charge in [0.2, 0.25) is 5.69 Å². The fourth-order valence-electron chi connectivity index (χ4n) is 1.91. The van der Waals surface area contributed by atoms with E-state index in [1.165, 1.54) is 22.7 Å². The molecule has 0 amide bonds. The van der Waals surface area contributed by atoms with E-state index in [9.17, 15) is 13.0 Å². The van der Waals surface area contributed by atoms with Crippen molar-refractivity contribution < 1.29 is 17.5 Å². The number of pyridine rings is 1. The first-order chi connectivity index (χ1) is 10.9. The second kappa shape index (κ2) is 7.50. The van der Waals surface area contributed by atoms with Gasteiger partial charge in [-0.15, -0.1) is 11.3 Å². The summed E-state index contributed by atoms with van der Waals surface area (Å²) in [5.41, 5.74) is 2.20. The van der Waals surface area contributed by atoms with E-state index in [1.807, 2.05) is 13.0 Å². The van der Waals surface area contributed by atoms with Gasteiger partial charge in [-0.3, -0.25) is 0 Å². The Labute approximate surface area is 140 Å². The molecule has 2 aromatic heterocycles. The maximum absolute atomic E-state index is 10.4. The van der Waals surface area contributed by atoms with Gasteiger partial charge in [0, 0.05) is 12.1 Å². The van der Waals surface area contributed by atoms with E-state index >= 15 is 0 Å². The quantitative estimate of drug-likeness (QED) is 0.528. The lowest BCUT2D eigenvalue weighted by Crippen LogP contribution is -2.29. The molecule has 0 unspecified atom stereocenters. The maximum Gasteiger partial charge on any atom is 0.222 e. The molecule has 120 valence electrons. The lowest BCUT2D eigenvalue weighted by molar-refractivity contribution is -0.660. The first-order valence-electron chi connectivity index (χ1n) is 6.89. The predicted octanol–water partition coefficient (Wildman–Crippen LogP) is 3.14. The molecule has 3 rings (SSSR count). The number of benzene rings is 1. The van der Waals surface area contributed by atoms with Crippen LogP contribution in [0.2, 0.25) is 0 Å². The second-order valence-corrected chi connectivity index (χ2v) is 7.27. The average molecular weight is 347 g/mol. The van der Waals surface area contributed by atoms with E-state index < -0.39 is 10.1 Å². The van der Waals surface area contributed by atoms with Crippen molar-refractivity contribution in [2.45, 2.75) is 11.8 Å². The van der Waals surface area contributed by atoms with Crippen molar-refractivity contribution in [3.8, 4) is 10.6 Å². The Hall–Kier alpha value is -2.02. The number of rotatable bonds is 2. The zero-order chi connectivity index (χ0) is 16.9. The van der Waals surface area contributed by atoms with Gasteiger partial charge in [-0.1, -0.05) is 23.8 Å². The zero-order valence-corrected chi connectivity index (χ0v) is 14.5. The molecule has 0 bridgehead atoms. The van der Waals surface area contributed by atoms with Crippen LogP contribution < -0.4 is 4.57 Å². The minimum Gasteiger partial charge on any atom is -0.744 e. The van der Waals surface area contributed by atoms with Crippen LogP contribution in [0.5, 0.6) is 0 Å². The van der Waals surface area contributed by atoms with Crippen LogP contribution in [-0.2, 0) is 17.2 Å². The number of hydrogen-bond acceptors (Lipinski definition) is 4. The topological polar surface area (TPSA) is 61.1 Å². The lowest BCUT2D eigenvalue weighted by Gasteiger charge is -2.05. The molecule has 2 heterocycles. The highest BCUT2D eigenvalue weighted by Crippen LogP contribution is 2.20. The van der Waals surface area contributed by atoms with Gasteiger partial charge in [0.25, 0.3) is 0 Å². The lowest BCUT2D eigenvalue weighted by atomic mass is 10.2. The van der Waals surface area contributed by atoms with Crippen molar-refractivity contribution in [3.05, 3.63) is 71.7 Å². The van der Waals surface area contributed by atoms with Crippen LogP contribution in [0.15, 0.2) is 71.1 Å². The molecule has 0 saturated carbocycles. The molecule has 3 aromatic rings. The van der Waals surface area contributed by atoms with Crippen LogP contribution in [0, 0.1) is 6.92 Å². The minimum atomic E-state index is -4.27. The van der Waals surface area contributed by atoms with Crippen LogP contribution in [0.1, 0.15) is 5.56 Å². The summed E-state index contributed by atoms with van der Waals surface area (Å²) in [6.45, 7) is 1.82. The Balaban J connectivity index is 0.000000168. The van der Waals surface area contributed by atoms with Crippen LogP contribution in [0.3, 0.4) is 0 Å². The van der Waals surface area contributed by atoms with E-state index in [4.69, 9.17) is 0 Å². The molecule has 0 saturated heterocycles. The fourth-order valence-corrected chi connectivity index (χ4v) is 3.17. The molecule has 0 fully saturated rings. The number of nitrogens with zero attached hydrogens (tertiary/aromatic N) is 1. The van der Waals surface area contributed by atoms with E-state index in [0.717, 1.165) is 5.56 Å². The Morgan fingerprint density at radius 3 is 2.22 bits per heavy atom. The van der Waals surface area contributed by atoms with Gasteiger partial charge < -0.3 is 4.55 Å². The summed E-state index contributed by atoms with van der Waals surface area (Å²) in [5.74, 6) is 0. The summed E-state index contributed by atoms with van der Waals surface area (Å²) in [4.78, 5) is 1.14. The molecular weight excluding hydrogens is 330 g/mol. The van der Waals surface area contributed by atoms with Crippen molar-refractivity contribution in [2.24, 2.45) is 7.05 Å². The summed E-state index contributed by atoms with van der Waals surface area (Å²) >= 11 is 1.77. The Bertz CT molecular complexity index is 855. The molecule has 1 aromatic carbocycles. The highest BCUT2D eigenvalue weighted by Gasteiger charge is 2.07. The summed E-state index contributed by atoms with van der Waals surface area (Å²) in [5, 5.41) is 2.10. The molecule has 6 heteroatoms. The Morgan fingerprint density at radius 2 is 1.70 bits per heavy atom. The third-order valence-corrected chi connectivity index (χ3v) is 4.88. The monoisotopic (exact) mass is 347 g/mol. The molecule has 0 atom stereocenters. The molecule has 0 aliphatic carbocycles.